The summed E-state index contributed by atoms with van der Waals surface area (Å²) in [5, 5.41) is 5.52. The number of rotatable bonds is 8. The molecule has 0 fully saturated rings. The molecule has 8 nitrogen and oxygen atoms in total. The number of carbonyl (C=O) groups excluding carboxylic acids is 2. The highest BCUT2D eigenvalue weighted by molar-refractivity contribution is 8.16. The standard InChI is InChI=1S/C26H27N3O5S/c1-5-33-25(31)23-17(3)27-26-29(12-13-35-26)24(23)18-8-11-20(21(14-18)32-4)34-15-22(30)28-19-9-6-16(2)7-10-19/h6-14,24H,5,15H2,1-4H3,(H,28,30)/t24-/m1/s1. The van der Waals surface area contributed by atoms with Crippen molar-refractivity contribution in [3.8, 4) is 11.5 Å². The topological polar surface area (TPSA) is 89.5 Å². The third kappa shape index (κ3) is 5.35. The molecule has 1 N–H and O–H groups in total. The fraction of sp³-hybridized carbons (Fsp3) is 0.269. The molecule has 1 atom stereocenters. The third-order valence-electron chi connectivity index (χ3n) is 5.51. The molecule has 2 aromatic carbocycles. The van der Waals surface area contributed by atoms with Crippen LogP contribution >= 0.6 is 11.8 Å². The van der Waals surface area contributed by atoms with Crippen LogP contribution in [0.2, 0.25) is 0 Å². The maximum atomic E-state index is 12.8. The second-order valence-electron chi connectivity index (χ2n) is 7.94. The van der Waals surface area contributed by atoms with Crippen molar-refractivity contribution in [2.75, 3.05) is 25.6 Å². The van der Waals surface area contributed by atoms with Gasteiger partial charge in [-0.3, -0.25) is 4.79 Å². The van der Waals surface area contributed by atoms with E-state index in [-0.39, 0.29) is 19.1 Å². The van der Waals surface area contributed by atoms with Gasteiger partial charge in [0.25, 0.3) is 5.91 Å². The van der Waals surface area contributed by atoms with Gasteiger partial charge in [-0.25, -0.2) is 9.79 Å². The second kappa shape index (κ2) is 10.7. The van der Waals surface area contributed by atoms with Crippen LogP contribution in [0.3, 0.4) is 0 Å². The molecule has 0 unspecified atom stereocenters. The van der Waals surface area contributed by atoms with Crippen LogP contribution in [0, 0.1) is 6.92 Å². The maximum Gasteiger partial charge on any atom is 0.338 e. The van der Waals surface area contributed by atoms with Crippen LogP contribution in [0.15, 0.2) is 70.3 Å². The molecule has 0 radical (unpaired) electrons. The first-order valence-corrected chi connectivity index (χ1v) is 12.0. The van der Waals surface area contributed by atoms with E-state index < -0.39 is 12.0 Å². The molecule has 182 valence electrons. The molecule has 1 amide bonds. The fourth-order valence-electron chi connectivity index (χ4n) is 3.85. The molecule has 0 saturated carbocycles. The van der Waals surface area contributed by atoms with Gasteiger partial charge in [-0.1, -0.05) is 35.5 Å². The molecule has 2 aliphatic rings. The minimum Gasteiger partial charge on any atom is -0.493 e. The van der Waals surface area contributed by atoms with Gasteiger partial charge in [0.05, 0.1) is 31.0 Å². The molecule has 0 bridgehead atoms. The van der Waals surface area contributed by atoms with Crippen molar-refractivity contribution in [3.63, 3.8) is 0 Å². The Balaban J connectivity index is 1.55. The number of aryl methyl sites for hydroxylation is 1. The van der Waals surface area contributed by atoms with Crippen molar-refractivity contribution < 1.29 is 23.8 Å². The molecule has 0 saturated heterocycles. The van der Waals surface area contributed by atoms with E-state index in [2.05, 4.69) is 10.3 Å². The zero-order valence-corrected chi connectivity index (χ0v) is 20.8. The Kier molecular flexibility index (Phi) is 7.45. The molecule has 4 rings (SSSR count). The summed E-state index contributed by atoms with van der Waals surface area (Å²) in [5.74, 6) is 0.182. The van der Waals surface area contributed by atoms with Crippen molar-refractivity contribution in [1.29, 1.82) is 0 Å². The highest BCUT2D eigenvalue weighted by atomic mass is 32.2. The molecular formula is C26H27N3O5S. The van der Waals surface area contributed by atoms with E-state index >= 15 is 0 Å². The predicted octanol–water partition coefficient (Wildman–Crippen LogP) is 4.79. The van der Waals surface area contributed by atoms with Gasteiger partial charge in [0.2, 0.25) is 0 Å². The average Bonchev–Trinajstić information content (AvgIpc) is 3.31. The van der Waals surface area contributed by atoms with E-state index in [9.17, 15) is 9.59 Å². The van der Waals surface area contributed by atoms with Crippen molar-refractivity contribution in [2.45, 2.75) is 26.8 Å². The van der Waals surface area contributed by atoms with Crippen LogP contribution in [0.25, 0.3) is 0 Å². The van der Waals surface area contributed by atoms with Crippen LogP contribution in [0.5, 0.6) is 11.5 Å². The van der Waals surface area contributed by atoms with Crippen LogP contribution in [-0.2, 0) is 14.3 Å². The summed E-state index contributed by atoms with van der Waals surface area (Å²) in [6.45, 7) is 5.66. The monoisotopic (exact) mass is 493 g/mol. The van der Waals surface area contributed by atoms with Crippen molar-refractivity contribution in [2.24, 2.45) is 4.99 Å². The highest BCUT2D eigenvalue weighted by Gasteiger charge is 2.37. The van der Waals surface area contributed by atoms with Crippen molar-refractivity contribution in [1.82, 2.24) is 4.90 Å². The number of thioether (sulfide) groups is 1. The van der Waals surface area contributed by atoms with E-state index in [0.717, 1.165) is 16.3 Å². The summed E-state index contributed by atoms with van der Waals surface area (Å²) < 4.78 is 16.6. The summed E-state index contributed by atoms with van der Waals surface area (Å²) in [7, 11) is 1.53. The molecule has 2 aliphatic heterocycles. The Bertz CT molecular complexity index is 1220. The number of esters is 1. The summed E-state index contributed by atoms with van der Waals surface area (Å²) in [5.41, 5.74) is 3.70. The number of hydrogen-bond donors (Lipinski definition) is 1. The van der Waals surface area contributed by atoms with Crippen LogP contribution in [-0.4, -0.2) is 42.3 Å². The lowest BCUT2D eigenvalue weighted by Crippen LogP contribution is -2.34. The number of fused-ring (bicyclic) bond motifs is 1. The second-order valence-corrected chi connectivity index (χ2v) is 8.81. The van der Waals surface area contributed by atoms with Gasteiger partial charge in [-0.2, -0.15) is 0 Å². The van der Waals surface area contributed by atoms with Crippen molar-refractivity contribution >= 4 is 34.5 Å². The SMILES string of the molecule is CCOC(=O)C1=C(C)N=C2SC=CN2[C@@H]1c1ccc(OCC(=O)Nc2ccc(C)cc2)c(OC)c1. The number of allylic oxidation sites excluding steroid dienone is 1. The van der Waals surface area contributed by atoms with Crippen LogP contribution in [0.1, 0.15) is 31.0 Å². The van der Waals surface area contributed by atoms with Gasteiger partial charge in [-0.15, -0.1) is 0 Å². The number of amides is 1. The quantitative estimate of drug-likeness (QED) is 0.529. The number of nitrogens with zero attached hydrogens (tertiary/aromatic N) is 2. The van der Waals surface area contributed by atoms with Gasteiger partial charge in [0.1, 0.15) is 0 Å². The number of nitrogens with one attached hydrogen (secondary N) is 1. The first-order valence-electron chi connectivity index (χ1n) is 11.2. The summed E-state index contributed by atoms with van der Waals surface area (Å²) >= 11 is 1.49. The molecule has 35 heavy (non-hydrogen) atoms. The Labute approximate surface area is 208 Å². The summed E-state index contributed by atoms with van der Waals surface area (Å²) in [4.78, 5) is 31.7. The third-order valence-corrected chi connectivity index (χ3v) is 6.28. The highest BCUT2D eigenvalue weighted by Crippen LogP contribution is 2.43. The largest absolute Gasteiger partial charge is 0.493 e. The zero-order valence-electron chi connectivity index (χ0n) is 20.0. The van der Waals surface area contributed by atoms with E-state index in [1.165, 1.54) is 18.9 Å². The maximum absolute atomic E-state index is 12.8. The van der Waals surface area contributed by atoms with Gasteiger partial charge in [-0.05, 0) is 56.0 Å². The Morgan fingerprint density at radius 2 is 1.89 bits per heavy atom. The number of amidine groups is 1. The number of anilines is 1. The molecule has 0 spiro atoms. The predicted molar refractivity (Wildman–Crippen MR) is 136 cm³/mol. The Morgan fingerprint density at radius 1 is 1.11 bits per heavy atom. The van der Waals surface area contributed by atoms with Gasteiger partial charge >= 0.3 is 5.97 Å². The van der Waals surface area contributed by atoms with E-state index in [4.69, 9.17) is 14.2 Å². The lowest BCUT2D eigenvalue weighted by Gasteiger charge is -2.33. The fourth-order valence-corrected chi connectivity index (χ4v) is 4.64. The lowest BCUT2D eigenvalue weighted by atomic mass is 9.94. The number of carbonyl (C=O) groups is 2. The van der Waals surface area contributed by atoms with Crippen LogP contribution < -0.4 is 14.8 Å². The smallest absolute Gasteiger partial charge is 0.338 e. The van der Waals surface area contributed by atoms with Crippen LogP contribution in [0.4, 0.5) is 5.69 Å². The Morgan fingerprint density at radius 3 is 2.60 bits per heavy atom. The molecule has 0 aliphatic carbocycles. The lowest BCUT2D eigenvalue weighted by molar-refractivity contribution is -0.139. The molecule has 2 aromatic rings. The average molecular weight is 494 g/mol. The number of hydrogen-bond acceptors (Lipinski definition) is 8. The van der Waals surface area contributed by atoms with Gasteiger partial charge < -0.3 is 24.4 Å². The summed E-state index contributed by atoms with van der Waals surface area (Å²) in [6.07, 6.45) is 1.89. The van der Waals surface area contributed by atoms with E-state index in [0.29, 0.717) is 28.5 Å². The van der Waals surface area contributed by atoms with Crippen molar-refractivity contribution in [3.05, 3.63) is 76.5 Å². The first kappa shape index (κ1) is 24.4. The van der Waals surface area contributed by atoms with Gasteiger partial charge in [0.15, 0.2) is 23.3 Å². The molecule has 0 aromatic heterocycles. The Hall–Kier alpha value is -3.72. The van der Waals surface area contributed by atoms with E-state index in [1.807, 2.05) is 66.8 Å². The van der Waals surface area contributed by atoms with Gasteiger partial charge in [0, 0.05) is 11.9 Å². The number of aliphatic imine (C=N–C) groups is 1. The normalized spacial score (nSPS) is 16.5. The minimum atomic E-state index is -0.430. The molecule has 9 heteroatoms. The minimum absolute atomic E-state index is 0.178. The first-order chi connectivity index (χ1) is 16.9. The number of methoxy groups -OCH3 is 1. The summed E-state index contributed by atoms with van der Waals surface area (Å²) in [6, 6.07) is 12.5. The molecule has 2 heterocycles. The zero-order chi connectivity index (χ0) is 24.9. The molecular weight excluding hydrogens is 466 g/mol. The number of benzene rings is 2. The number of ether oxygens (including phenoxy) is 3. The van der Waals surface area contributed by atoms with E-state index in [1.54, 1.807) is 13.0 Å².